The largest absolute Gasteiger partial charge is 0.481 e. The summed E-state index contributed by atoms with van der Waals surface area (Å²) in [5.41, 5.74) is 0.481. The van der Waals surface area contributed by atoms with Crippen LogP contribution in [0.3, 0.4) is 0 Å². The Kier molecular flexibility index (Phi) is 3.18. The van der Waals surface area contributed by atoms with E-state index >= 15 is 0 Å². The molecule has 0 aliphatic heterocycles. The van der Waals surface area contributed by atoms with Crippen LogP contribution in [-0.4, -0.2) is 17.0 Å². The van der Waals surface area contributed by atoms with Crippen LogP contribution in [0.2, 0.25) is 0 Å². The van der Waals surface area contributed by atoms with Gasteiger partial charge in [0.15, 0.2) is 0 Å². The van der Waals surface area contributed by atoms with Crippen LogP contribution in [0, 0.1) is 15.9 Å². The number of halogens is 1. The summed E-state index contributed by atoms with van der Waals surface area (Å²) in [6, 6.07) is 7.03. The molecule has 1 aromatic heterocycles. The van der Waals surface area contributed by atoms with Crippen molar-refractivity contribution >= 4 is 5.69 Å². The van der Waals surface area contributed by atoms with Gasteiger partial charge in [-0.2, -0.15) is 4.39 Å². The van der Waals surface area contributed by atoms with Crippen LogP contribution >= 0.6 is 0 Å². The summed E-state index contributed by atoms with van der Waals surface area (Å²) in [4.78, 5) is 13.9. The fraction of sp³-hybridized carbons (Fsp3) is 0.0833. The van der Waals surface area contributed by atoms with E-state index in [1.54, 1.807) is 18.3 Å². The molecule has 18 heavy (non-hydrogen) atoms. The molecule has 6 heteroatoms. The first kappa shape index (κ1) is 12.0. The number of nitro groups is 1. The minimum atomic E-state index is -0.869. The van der Waals surface area contributed by atoms with Crippen LogP contribution in [0.25, 0.3) is 11.1 Å². The zero-order valence-corrected chi connectivity index (χ0v) is 9.46. The summed E-state index contributed by atoms with van der Waals surface area (Å²) in [6.07, 6.45) is 1.54. The smallest absolute Gasteiger partial charge is 0.305 e. The van der Waals surface area contributed by atoms with Crippen molar-refractivity contribution in [2.45, 2.75) is 0 Å². The Balaban J connectivity index is 2.58. The van der Waals surface area contributed by atoms with Crippen LogP contribution < -0.4 is 4.74 Å². The second-order valence-electron chi connectivity index (χ2n) is 3.48. The molecule has 92 valence electrons. The molecular weight excluding hydrogens is 239 g/mol. The minimum Gasteiger partial charge on any atom is -0.481 e. The van der Waals surface area contributed by atoms with Crippen LogP contribution in [0.4, 0.5) is 10.1 Å². The first-order chi connectivity index (χ1) is 8.63. The third kappa shape index (κ3) is 2.13. The lowest BCUT2D eigenvalue weighted by Crippen LogP contribution is -1.95. The van der Waals surface area contributed by atoms with Crippen molar-refractivity contribution in [1.29, 1.82) is 0 Å². The van der Waals surface area contributed by atoms with Gasteiger partial charge in [-0.1, -0.05) is 6.07 Å². The maximum absolute atomic E-state index is 13.2. The molecule has 0 amide bonds. The lowest BCUT2D eigenvalue weighted by atomic mass is 10.1. The van der Waals surface area contributed by atoms with E-state index in [0.29, 0.717) is 17.0 Å². The maximum atomic E-state index is 13.2. The van der Waals surface area contributed by atoms with Crippen LogP contribution in [0.1, 0.15) is 0 Å². The highest BCUT2D eigenvalue weighted by Crippen LogP contribution is 2.31. The van der Waals surface area contributed by atoms with Gasteiger partial charge in [-0.3, -0.25) is 10.1 Å². The molecule has 0 aliphatic rings. The van der Waals surface area contributed by atoms with E-state index in [1.807, 2.05) is 0 Å². The predicted molar refractivity (Wildman–Crippen MR) is 62.8 cm³/mol. The van der Waals surface area contributed by atoms with Crippen molar-refractivity contribution in [3.05, 3.63) is 52.5 Å². The van der Waals surface area contributed by atoms with E-state index in [-0.39, 0.29) is 0 Å². The Morgan fingerprint density at radius 2 is 2.17 bits per heavy atom. The number of hydrogen-bond acceptors (Lipinski definition) is 4. The van der Waals surface area contributed by atoms with Gasteiger partial charge in [0.1, 0.15) is 0 Å². The van der Waals surface area contributed by atoms with Gasteiger partial charge in [0.05, 0.1) is 12.0 Å². The molecule has 5 nitrogen and oxygen atoms in total. The molecule has 0 saturated heterocycles. The number of nitro benzene ring substituents is 1. The van der Waals surface area contributed by atoms with E-state index in [1.165, 1.54) is 13.2 Å². The summed E-state index contributed by atoms with van der Waals surface area (Å²) in [6.45, 7) is 0. The first-order valence-corrected chi connectivity index (χ1v) is 5.07. The van der Waals surface area contributed by atoms with E-state index < -0.39 is 16.4 Å². The Morgan fingerprint density at radius 3 is 2.83 bits per heavy atom. The lowest BCUT2D eigenvalue weighted by molar-refractivity contribution is -0.387. The highest BCUT2D eigenvalue weighted by Gasteiger charge is 2.16. The molecule has 1 heterocycles. The predicted octanol–water partition coefficient (Wildman–Crippen LogP) is 2.80. The molecule has 0 radical (unpaired) electrons. The SMILES string of the molecule is COc1ncccc1-c1ccc(F)c([N+](=O)[O-])c1. The van der Waals surface area contributed by atoms with E-state index in [9.17, 15) is 14.5 Å². The zero-order valence-electron chi connectivity index (χ0n) is 9.46. The summed E-state index contributed by atoms with van der Waals surface area (Å²) < 4.78 is 18.3. The molecule has 0 aliphatic carbocycles. The molecule has 0 fully saturated rings. The molecule has 2 rings (SSSR count). The van der Waals surface area contributed by atoms with Crippen molar-refractivity contribution < 1.29 is 14.1 Å². The zero-order chi connectivity index (χ0) is 13.1. The van der Waals surface area contributed by atoms with Crippen molar-refractivity contribution in [1.82, 2.24) is 4.98 Å². The van der Waals surface area contributed by atoms with Gasteiger partial charge in [0.25, 0.3) is 0 Å². The normalized spacial score (nSPS) is 10.1. The third-order valence-corrected chi connectivity index (χ3v) is 2.42. The van der Waals surface area contributed by atoms with Crippen molar-refractivity contribution in [2.24, 2.45) is 0 Å². The molecule has 0 bridgehead atoms. The van der Waals surface area contributed by atoms with Crippen LogP contribution in [0.15, 0.2) is 36.5 Å². The first-order valence-electron chi connectivity index (χ1n) is 5.07. The highest BCUT2D eigenvalue weighted by molar-refractivity contribution is 5.70. The minimum absolute atomic E-state index is 0.332. The fourth-order valence-electron chi connectivity index (χ4n) is 1.59. The summed E-state index contributed by atoms with van der Waals surface area (Å²) >= 11 is 0. The molecule has 0 atom stereocenters. The number of hydrogen-bond donors (Lipinski definition) is 0. The Morgan fingerprint density at radius 1 is 1.39 bits per heavy atom. The molecule has 2 aromatic rings. The molecule has 0 unspecified atom stereocenters. The monoisotopic (exact) mass is 248 g/mol. The van der Waals surface area contributed by atoms with Gasteiger partial charge >= 0.3 is 5.69 Å². The average Bonchev–Trinajstić information content (AvgIpc) is 2.39. The number of aromatic nitrogens is 1. The van der Waals surface area contributed by atoms with Crippen molar-refractivity contribution in [3.8, 4) is 17.0 Å². The topological polar surface area (TPSA) is 65.3 Å². The molecule has 0 N–H and O–H groups in total. The third-order valence-electron chi connectivity index (χ3n) is 2.42. The van der Waals surface area contributed by atoms with Crippen LogP contribution in [-0.2, 0) is 0 Å². The highest BCUT2D eigenvalue weighted by atomic mass is 19.1. The average molecular weight is 248 g/mol. The Hall–Kier alpha value is -2.50. The van der Waals surface area contributed by atoms with Gasteiger partial charge in [0.2, 0.25) is 11.7 Å². The summed E-state index contributed by atoms with van der Waals surface area (Å²) in [5.74, 6) is -0.537. The van der Waals surface area contributed by atoms with Gasteiger partial charge in [0, 0.05) is 17.8 Å². The van der Waals surface area contributed by atoms with E-state index in [0.717, 1.165) is 12.1 Å². The summed E-state index contributed by atoms with van der Waals surface area (Å²) in [5, 5.41) is 10.7. The van der Waals surface area contributed by atoms with Gasteiger partial charge in [-0.05, 0) is 23.8 Å². The van der Waals surface area contributed by atoms with E-state index in [4.69, 9.17) is 4.74 Å². The fourth-order valence-corrected chi connectivity index (χ4v) is 1.59. The maximum Gasteiger partial charge on any atom is 0.305 e. The number of pyridine rings is 1. The Labute approximate surface area is 102 Å². The quantitative estimate of drug-likeness (QED) is 0.618. The number of benzene rings is 1. The number of nitrogens with zero attached hydrogens (tertiary/aromatic N) is 2. The molecule has 1 aromatic carbocycles. The number of methoxy groups -OCH3 is 1. The Bertz CT molecular complexity index is 602. The summed E-state index contributed by atoms with van der Waals surface area (Å²) in [7, 11) is 1.45. The second-order valence-corrected chi connectivity index (χ2v) is 3.48. The molecular formula is C12H9FN2O3. The van der Waals surface area contributed by atoms with Gasteiger partial charge in [-0.25, -0.2) is 4.98 Å². The van der Waals surface area contributed by atoms with E-state index in [2.05, 4.69) is 4.98 Å². The molecule has 0 saturated carbocycles. The van der Waals surface area contributed by atoms with Crippen LogP contribution in [0.5, 0.6) is 5.88 Å². The number of rotatable bonds is 3. The second kappa shape index (κ2) is 4.79. The number of ether oxygens (including phenoxy) is 1. The van der Waals surface area contributed by atoms with Gasteiger partial charge in [-0.15, -0.1) is 0 Å². The molecule has 0 spiro atoms. The van der Waals surface area contributed by atoms with Gasteiger partial charge < -0.3 is 4.74 Å². The van der Waals surface area contributed by atoms with Crippen molar-refractivity contribution in [2.75, 3.05) is 7.11 Å². The standard InChI is InChI=1S/C12H9FN2O3/c1-18-12-9(3-2-6-14-12)8-4-5-10(13)11(7-8)15(16)17/h2-7H,1H3. The lowest BCUT2D eigenvalue weighted by Gasteiger charge is -2.06. The van der Waals surface area contributed by atoms with Crippen molar-refractivity contribution in [3.63, 3.8) is 0 Å².